The number of fused-ring (bicyclic) bond motifs is 1. The lowest BCUT2D eigenvalue weighted by atomic mass is 9.70. The number of ether oxygens (including phenoxy) is 1. The number of allylic oxidation sites excluding steroid dienone is 1. The second-order valence-electron chi connectivity index (χ2n) is 9.28. The van der Waals surface area contributed by atoms with E-state index in [9.17, 15) is 19.5 Å². The first kappa shape index (κ1) is 25.2. The van der Waals surface area contributed by atoms with Crippen molar-refractivity contribution in [3.8, 4) is 0 Å². The summed E-state index contributed by atoms with van der Waals surface area (Å²) >= 11 is 5.96. The zero-order valence-electron chi connectivity index (χ0n) is 19.5. The molecule has 1 heterocycles. The third-order valence-corrected chi connectivity index (χ3v) is 6.75. The Labute approximate surface area is 200 Å². The van der Waals surface area contributed by atoms with Crippen molar-refractivity contribution in [1.82, 2.24) is 4.90 Å². The number of carbonyl (C=O) groups excluding carboxylic acids is 3. The molecule has 0 bridgehead atoms. The first-order valence-corrected chi connectivity index (χ1v) is 11.9. The molecule has 33 heavy (non-hydrogen) atoms. The maximum atomic E-state index is 13.8. The van der Waals surface area contributed by atoms with E-state index in [1.807, 2.05) is 32.9 Å². The zero-order valence-corrected chi connectivity index (χ0v) is 20.3. The number of aliphatic hydroxyl groups excluding tert-OH is 1. The largest absolute Gasteiger partial charge is 0.466 e. The summed E-state index contributed by atoms with van der Waals surface area (Å²) in [5, 5.41) is 13.6. The number of hydrogen-bond donors (Lipinski definition) is 2. The fraction of sp³-hybridized carbons (Fsp3) is 0.560. The molecule has 1 aromatic carbocycles. The Morgan fingerprint density at radius 3 is 2.45 bits per heavy atom. The van der Waals surface area contributed by atoms with Crippen LogP contribution in [0, 0.1) is 29.6 Å². The number of carbonyl (C=O) groups is 3. The third-order valence-electron chi connectivity index (χ3n) is 6.50. The highest BCUT2D eigenvalue weighted by atomic mass is 35.5. The first-order valence-electron chi connectivity index (χ1n) is 11.5. The SMILES string of the molecule is CCOC(=O)[C@H]1[C@H]2C(=O)N([C@@H](CO)CC(C)C)[C@H](C(=O)Nc3ccc(Cl)cc3)[C@H]2C=C[C@H]1C. The second kappa shape index (κ2) is 10.7. The Morgan fingerprint density at radius 1 is 1.21 bits per heavy atom. The van der Waals surface area contributed by atoms with Gasteiger partial charge in [-0.15, -0.1) is 0 Å². The molecular formula is C25H33ClN2O5. The molecule has 0 unspecified atom stereocenters. The predicted molar refractivity (Wildman–Crippen MR) is 126 cm³/mol. The molecule has 2 amide bonds. The van der Waals surface area contributed by atoms with E-state index in [1.54, 1.807) is 31.2 Å². The topological polar surface area (TPSA) is 95.9 Å². The van der Waals surface area contributed by atoms with Gasteiger partial charge in [0, 0.05) is 16.6 Å². The van der Waals surface area contributed by atoms with Gasteiger partial charge in [0.15, 0.2) is 0 Å². The molecule has 1 fully saturated rings. The Bertz CT molecular complexity index is 901. The van der Waals surface area contributed by atoms with Crippen LogP contribution in [0.2, 0.25) is 5.02 Å². The smallest absolute Gasteiger partial charge is 0.310 e. The summed E-state index contributed by atoms with van der Waals surface area (Å²) < 4.78 is 5.29. The fourth-order valence-corrected chi connectivity index (χ4v) is 5.23. The molecule has 1 aliphatic carbocycles. The van der Waals surface area contributed by atoms with Crippen LogP contribution in [-0.4, -0.2) is 53.1 Å². The molecule has 0 aromatic heterocycles. The van der Waals surface area contributed by atoms with Gasteiger partial charge in [-0.05, 0) is 49.4 Å². The minimum Gasteiger partial charge on any atom is -0.466 e. The lowest BCUT2D eigenvalue weighted by Crippen LogP contribution is -2.51. The van der Waals surface area contributed by atoms with E-state index in [1.165, 1.54) is 4.90 Å². The van der Waals surface area contributed by atoms with E-state index in [2.05, 4.69) is 5.32 Å². The molecule has 0 spiro atoms. The van der Waals surface area contributed by atoms with Crippen LogP contribution in [0.15, 0.2) is 36.4 Å². The standard InChI is InChI=1S/C25H33ClN2O5/c1-5-33-25(32)20-15(4)6-11-19-21(20)24(31)28(18(13-29)12-14(2)3)22(19)23(30)27-17-9-7-16(26)8-10-17/h6-11,14-15,18-22,29H,5,12-13H2,1-4H3,(H,27,30)/t15-,18-,19+,20-,21+,22+/m1/s1. The molecular weight excluding hydrogens is 444 g/mol. The van der Waals surface area contributed by atoms with Crippen molar-refractivity contribution < 1.29 is 24.2 Å². The summed E-state index contributed by atoms with van der Waals surface area (Å²) in [5.74, 6) is -2.97. The average Bonchev–Trinajstić information content (AvgIpc) is 3.06. The van der Waals surface area contributed by atoms with Gasteiger partial charge < -0.3 is 20.1 Å². The molecule has 7 nitrogen and oxygen atoms in total. The Kier molecular flexibility index (Phi) is 8.19. The van der Waals surface area contributed by atoms with Crippen molar-refractivity contribution in [3.63, 3.8) is 0 Å². The van der Waals surface area contributed by atoms with E-state index < -0.39 is 35.8 Å². The van der Waals surface area contributed by atoms with Crippen LogP contribution in [0.3, 0.4) is 0 Å². The van der Waals surface area contributed by atoms with E-state index >= 15 is 0 Å². The van der Waals surface area contributed by atoms with Gasteiger partial charge in [-0.25, -0.2) is 0 Å². The predicted octanol–water partition coefficient (Wildman–Crippen LogP) is 3.51. The van der Waals surface area contributed by atoms with Gasteiger partial charge in [0.2, 0.25) is 11.8 Å². The number of esters is 1. The molecule has 2 aliphatic rings. The number of anilines is 1. The summed E-state index contributed by atoms with van der Waals surface area (Å²) in [6.07, 6.45) is 4.30. The number of nitrogens with one attached hydrogen (secondary N) is 1. The fourth-order valence-electron chi connectivity index (χ4n) is 5.10. The molecule has 6 atom stereocenters. The molecule has 0 saturated carbocycles. The highest BCUT2D eigenvalue weighted by Crippen LogP contribution is 2.45. The third kappa shape index (κ3) is 5.25. The van der Waals surface area contributed by atoms with Crippen LogP contribution in [0.1, 0.15) is 34.1 Å². The molecule has 8 heteroatoms. The molecule has 2 N–H and O–H groups in total. The molecule has 1 aromatic rings. The zero-order chi connectivity index (χ0) is 24.3. The van der Waals surface area contributed by atoms with Crippen LogP contribution >= 0.6 is 11.6 Å². The molecule has 180 valence electrons. The lowest BCUT2D eigenvalue weighted by Gasteiger charge is -2.34. The van der Waals surface area contributed by atoms with E-state index in [-0.39, 0.29) is 36.9 Å². The van der Waals surface area contributed by atoms with Crippen molar-refractivity contribution in [2.24, 2.45) is 29.6 Å². The maximum absolute atomic E-state index is 13.8. The molecule has 1 saturated heterocycles. The van der Waals surface area contributed by atoms with Gasteiger partial charge in [0.05, 0.1) is 31.1 Å². The summed E-state index contributed by atoms with van der Waals surface area (Å²) in [6, 6.07) is 5.34. The lowest BCUT2D eigenvalue weighted by molar-refractivity contribution is -0.156. The minimum atomic E-state index is -0.852. The molecule has 1 aliphatic heterocycles. The number of nitrogens with zero attached hydrogens (tertiary/aromatic N) is 1. The maximum Gasteiger partial charge on any atom is 0.310 e. The van der Waals surface area contributed by atoms with Crippen molar-refractivity contribution in [3.05, 3.63) is 41.4 Å². The summed E-state index contributed by atoms with van der Waals surface area (Å²) in [5.41, 5.74) is 0.555. The number of hydrogen-bond acceptors (Lipinski definition) is 5. The highest BCUT2D eigenvalue weighted by molar-refractivity contribution is 6.30. The number of rotatable bonds is 8. The minimum absolute atomic E-state index is 0.202. The van der Waals surface area contributed by atoms with Crippen LogP contribution in [-0.2, 0) is 19.1 Å². The van der Waals surface area contributed by atoms with Gasteiger partial charge in [-0.2, -0.15) is 0 Å². The van der Waals surface area contributed by atoms with Gasteiger partial charge in [-0.1, -0.05) is 44.5 Å². The van der Waals surface area contributed by atoms with Crippen molar-refractivity contribution in [2.75, 3.05) is 18.5 Å². The van der Waals surface area contributed by atoms with E-state index in [0.717, 1.165) is 0 Å². The first-order chi connectivity index (χ1) is 15.7. The summed E-state index contributed by atoms with van der Waals surface area (Å²) in [7, 11) is 0. The van der Waals surface area contributed by atoms with Crippen LogP contribution < -0.4 is 5.32 Å². The van der Waals surface area contributed by atoms with E-state index in [4.69, 9.17) is 16.3 Å². The summed E-state index contributed by atoms with van der Waals surface area (Å²) in [4.78, 5) is 41.6. The average molecular weight is 477 g/mol. The second-order valence-corrected chi connectivity index (χ2v) is 9.71. The van der Waals surface area contributed by atoms with Gasteiger partial charge in [0.1, 0.15) is 6.04 Å². The van der Waals surface area contributed by atoms with Gasteiger partial charge >= 0.3 is 5.97 Å². The number of benzene rings is 1. The summed E-state index contributed by atoms with van der Waals surface area (Å²) in [6.45, 7) is 7.56. The van der Waals surface area contributed by atoms with Crippen LogP contribution in [0.5, 0.6) is 0 Å². The number of likely N-dealkylation sites (tertiary alicyclic amines) is 1. The Hall–Kier alpha value is -2.38. The number of halogens is 1. The van der Waals surface area contributed by atoms with Gasteiger partial charge in [0.25, 0.3) is 0 Å². The van der Waals surface area contributed by atoms with Crippen LogP contribution in [0.4, 0.5) is 5.69 Å². The van der Waals surface area contributed by atoms with Crippen molar-refractivity contribution in [1.29, 1.82) is 0 Å². The Morgan fingerprint density at radius 2 is 1.88 bits per heavy atom. The Balaban J connectivity index is 2.01. The normalized spacial score (nSPS) is 27.4. The monoisotopic (exact) mass is 476 g/mol. The number of amides is 2. The van der Waals surface area contributed by atoms with E-state index in [0.29, 0.717) is 17.1 Å². The van der Waals surface area contributed by atoms with Crippen LogP contribution in [0.25, 0.3) is 0 Å². The molecule has 0 radical (unpaired) electrons. The van der Waals surface area contributed by atoms with Gasteiger partial charge in [-0.3, -0.25) is 14.4 Å². The quantitative estimate of drug-likeness (QED) is 0.442. The molecule has 3 rings (SSSR count). The van der Waals surface area contributed by atoms with Crippen molar-refractivity contribution >= 4 is 35.1 Å². The van der Waals surface area contributed by atoms with Crippen molar-refractivity contribution in [2.45, 2.75) is 46.2 Å². The number of aliphatic hydroxyl groups is 1. The highest BCUT2D eigenvalue weighted by Gasteiger charge is 2.58.